The van der Waals surface area contributed by atoms with Crippen molar-refractivity contribution < 1.29 is 10.2 Å². The van der Waals surface area contributed by atoms with E-state index in [-0.39, 0.29) is 12.4 Å². The molecule has 0 saturated carbocycles. The number of aliphatic hydroxyl groups excluding tert-OH is 2. The smallest absolute Gasteiger partial charge is 0.117 e. The van der Waals surface area contributed by atoms with Crippen molar-refractivity contribution in [3.8, 4) is 0 Å². The molecular formula is C20H40O2. The van der Waals surface area contributed by atoms with E-state index in [1.165, 1.54) is 44.9 Å². The highest BCUT2D eigenvalue weighted by Crippen LogP contribution is 2.22. The molecule has 0 aliphatic rings. The van der Waals surface area contributed by atoms with Gasteiger partial charge in [-0.1, -0.05) is 72.6 Å². The summed E-state index contributed by atoms with van der Waals surface area (Å²) in [6, 6.07) is 0. The van der Waals surface area contributed by atoms with Crippen LogP contribution in [0.2, 0.25) is 0 Å². The van der Waals surface area contributed by atoms with Crippen molar-refractivity contribution in [3.63, 3.8) is 0 Å². The summed E-state index contributed by atoms with van der Waals surface area (Å²) >= 11 is 0. The summed E-state index contributed by atoms with van der Waals surface area (Å²) in [4.78, 5) is 0. The summed E-state index contributed by atoms with van der Waals surface area (Å²) in [6.45, 7) is 11.0. The van der Waals surface area contributed by atoms with Crippen LogP contribution >= 0.6 is 0 Å². The number of hydrogen-bond donors (Lipinski definition) is 2. The molecule has 0 amide bonds. The van der Waals surface area contributed by atoms with Crippen LogP contribution in [0.5, 0.6) is 0 Å². The van der Waals surface area contributed by atoms with Gasteiger partial charge in [-0.05, 0) is 43.1 Å². The van der Waals surface area contributed by atoms with Crippen molar-refractivity contribution in [3.05, 3.63) is 11.3 Å². The first-order chi connectivity index (χ1) is 10.4. The Kier molecular flexibility index (Phi) is 12.7. The Morgan fingerprint density at radius 1 is 0.773 bits per heavy atom. The largest absolute Gasteiger partial charge is 0.510 e. The normalized spacial score (nSPS) is 15.8. The molecule has 0 rings (SSSR count). The minimum Gasteiger partial charge on any atom is -0.510 e. The van der Waals surface area contributed by atoms with Gasteiger partial charge >= 0.3 is 0 Å². The Hall–Kier alpha value is -0.500. The van der Waals surface area contributed by atoms with Gasteiger partial charge in [0.2, 0.25) is 0 Å². The summed E-state index contributed by atoms with van der Waals surface area (Å²) < 4.78 is 0. The maximum Gasteiger partial charge on any atom is 0.117 e. The third kappa shape index (κ3) is 12.1. The van der Waals surface area contributed by atoms with E-state index in [1.807, 2.05) is 6.92 Å². The van der Waals surface area contributed by atoms with E-state index in [0.29, 0.717) is 0 Å². The molecule has 0 aromatic carbocycles. The predicted octanol–water partition coefficient (Wildman–Crippen LogP) is 6.25. The lowest BCUT2D eigenvalue weighted by molar-refractivity contribution is 0.248. The van der Waals surface area contributed by atoms with Crippen LogP contribution in [0.3, 0.4) is 0 Å². The second kappa shape index (κ2) is 13.0. The monoisotopic (exact) mass is 312 g/mol. The lowest BCUT2D eigenvalue weighted by atomic mass is 9.91. The summed E-state index contributed by atoms with van der Waals surface area (Å²) in [6.07, 6.45) is 11.4. The van der Waals surface area contributed by atoms with Crippen molar-refractivity contribution in [1.82, 2.24) is 0 Å². The molecule has 0 radical (unpaired) electrons. The molecule has 2 N–H and O–H groups in total. The Labute approximate surface area is 139 Å². The zero-order valence-electron chi connectivity index (χ0n) is 15.7. The second-order valence-electron chi connectivity index (χ2n) is 7.74. The first-order valence-electron chi connectivity index (χ1n) is 9.35. The molecule has 132 valence electrons. The standard InChI is InChI=1S/C20H40O2/c1-16(2)9-6-10-17(3)11-7-12-18(4)13-8-14-19(5)20(22)15-21/h16-18,21-22H,6-15H2,1-5H3/b20-19-. The highest BCUT2D eigenvalue weighted by atomic mass is 16.3. The molecular weight excluding hydrogens is 272 g/mol. The van der Waals surface area contributed by atoms with Crippen molar-refractivity contribution in [2.24, 2.45) is 17.8 Å². The van der Waals surface area contributed by atoms with E-state index in [4.69, 9.17) is 5.11 Å². The summed E-state index contributed by atoms with van der Waals surface area (Å²) in [5, 5.41) is 18.3. The number of aliphatic hydroxyl groups is 2. The van der Waals surface area contributed by atoms with Gasteiger partial charge in [-0.2, -0.15) is 0 Å². The Bertz CT molecular complexity index is 294. The fourth-order valence-electron chi connectivity index (χ4n) is 2.97. The minimum atomic E-state index is -0.226. The van der Waals surface area contributed by atoms with Gasteiger partial charge in [0, 0.05) is 0 Å². The Balaban J connectivity index is 3.63. The maximum absolute atomic E-state index is 9.43. The molecule has 0 fully saturated rings. The van der Waals surface area contributed by atoms with E-state index >= 15 is 0 Å². The van der Waals surface area contributed by atoms with Gasteiger partial charge in [0.1, 0.15) is 12.4 Å². The topological polar surface area (TPSA) is 40.5 Å². The molecule has 0 aromatic heterocycles. The first kappa shape index (κ1) is 21.5. The van der Waals surface area contributed by atoms with Crippen molar-refractivity contribution in [2.75, 3.05) is 6.61 Å². The third-order valence-electron chi connectivity index (χ3n) is 4.76. The van der Waals surface area contributed by atoms with Crippen molar-refractivity contribution in [1.29, 1.82) is 0 Å². The fourth-order valence-corrected chi connectivity index (χ4v) is 2.97. The van der Waals surface area contributed by atoms with E-state index < -0.39 is 0 Å². The Morgan fingerprint density at radius 2 is 1.23 bits per heavy atom. The molecule has 2 nitrogen and oxygen atoms in total. The minimum absolute atomic E-state index is 0.155. The molecule has 2 atom stereocenters. The van der Waals surface area contributed by atoms with E-state index in [2.05, 4.69) is 27.7 Å². The number of hydrogen-bond acceptors (Lipinski definition) is 2. The molecule has 0 aromatic rings. The predicted molar refractivity (Wildman–Crippen MR) is 97.1 cm³/mol. The molecule has 0 bridgehead atoms. The van der Waals surface area contributed by atoms with Crippen LogP contribution in [-0.2, 0) is 0 Å². The highest BCUT2D eigenvalue weighted by Gasteiger charge is 2.07. The highest BCUT2D eigenvalue weighted by molar-refractivity contribution is 5.04. The zero-order valence-corrected chi connectivity index (χ0v) is 15.7. The van der Waals surface area contributed by atoms with Gasteiger partial charge < -0.3 is 10.2 Å². The van der Waals surface area contributed by atoms with Gasteiger partial charge in [-0.3, -0.25) is 0 Å². The molecule has 22 heavy (non-hydrogen) atoms. The summed E-state index contributed by atoms with van der Waals surface area (Å²) in [5.74, 6) is 2.64. The molecule has 0 heterocycles. The van der Waals surface area contributed by atoms with Crippen LogP contribution in [-0.4, -0.2) is 16.8 Å². The van der Waals surface area contributed by atoms with Gasteiger partial charge in [0.05, 0.1) is 0 Å². The fraction of sp³-hybridized carbons (Fsp3) is 0.900. The molecule has 0 spiro atoms. The zero-order chi connectivity index (χ0) is 17.0. The van der Waals surface area contributed by atoms with E-state index in [9.17, 15) is 5.11 Å². The van der Waals surface area contributed by atoms with Crippen molar-refractivity contribution in [2.45, 2.75) is 92.4 Å². The first-order valence-corrected chi connectivity index (χ1v) is 9.35. The molecule has 2 heteroatoms. The lowest BCUT2D eigenvalue weighted by Gasteiger charge is -2.15. The van der Waals surface area contributed by atoms with E-state index in [0.717, 1.165) is 36.2 Å². The molecule has 0 aliphatic carbocycles. The average molecular weight is 313 g/mol. The number of allylic oxidation sites excluding steroid dienone is 1. The maximum atomic E-state index is 9.43. The summed E-state index contributed by atoms with van der Waals surface area (Å²) in [5.41, 5.74) is 0.938. The summed E-state index contributed by atoms with van der Waals surface area (Å²) in [7, 11) is 0. The van der Waals surface area contributed by atoms with Gasteiger partial charge in [-0.15, -0.1) is 0 Å². The van der Waals surface area contributed by atoms with Crippen molar-refractivity contribution >= 4 is 0 Å². The SMILES string of the molecule is C/C(CCCC(C)CCCC(C)CCCC(C)C)=C(/O)CO. The molecule has 2 unspecified atom stereocenters. The van der Waals surface area contributed by atoms with Gasteiger partial charge in [0.25, 0.3) is 0 Å². The van der Waals surface area contributed by atoms with Crippen LogP contribution < -0.4 is 0 Å². The Morgan fingerprint density at radius 3 is 1.68 bits per heavy atom. The second-order valence-corrected chi connectivity index (χ2v) is 7.74. The van der Waals surface area contributed by atoms with Gasteiger partial charge in [0.15, 0.2) is 0 Å². The molecule has 0 saturated heterocycles. The van der Waals surface area contributed by atoms with Crippen LogP contribution in [0.25, 0.3) is 0 Å². The molecule has 0 aliphatic heterocycles. The number of rotatable bonds is 13. The quantitative estimate of drug-likeness (QED) is 0.395. The third-order valence-corrected chi connectivity index (χ3v) is 4.76. The van der Waals surface area contributed by atoms with Gasteiger partial charge in [-0.25, -0.2) is 0 Å². The van der Waals surface area contributed by atoms with Crippen LogP contribution in [0.1, 0.15) is 92.4 Å². The van der Waals surface area contributed by atoms with Crippen LogP contribution in [0.4, 0.5) is 0 Å². The average Bonchev–Trinajstić information content (AvgIpc) is 2.45. The van der Waals surface area contributed by atoms with Crippen LogP contribution in [0.15, 0.2) is 11.3 Å². The lowest BCUT2D eigenvalue weighted by Crippen LogP contribution is -2.00. The van der Waals surface area contributed by atoms with E-state index in [1.54, 1.807) is 0 Å². The van der Waals surface area contributed by atoms with Crippen LogP contribution in [0, 0.1) is 17.8 Å².